The lowest BCUT2D eigenvalue weighted by Gasteiger charge is -2.14. The van der Waals surface area contributed by atoms with Crippen LogP contribution >= 0.6 is 0 Å². The maximum absolute atomic E-state index is 12.5. The second kappa shape index (κ2) is 10.7. The Balaban J connectivity index is 1.61. The van der Waals surface area contributed by atoms with Crippen LogP contribution in [-0.2, 0) is 21.2 Å². The van der Waals surface area contributed by atoms with Gasteiger partial charge < -0.3 is 19.5 Å². The molecule has 0 heterocycles. The van der Waals surface area contributed by atoms with Crippen molar-refractivity contribution in [2.45, 2.75) is 17.7 Å². The van der Waals surface area contributed by atoms with Gasteiger partial charge >= 0.3 is 0 Å². The Kier molecular flexibility index (Phi) is 7.78. The molecule has 0 aliphatic heterocycles. The molecule has 0 aliphatic rings. The minimum atomic E-state index is -3.72. The van der Waals surface area contributed by atoms with Crippen LogP contribution in [0.4, 0.5) is 11.4 Å². The van der Waals surface area contributed by atoms with Gasteiger partial charge in [0.25, 0.3) is 10.0 Å². The summed E-state index contributed by atoms with van der Waals surface area (Å²) in [6, 6.07) is 18.2. The van der Waals surface area contributed by atoms with Crippen LogP contribution in [-0.4, -0.2) is 35.7 Å². The first-order valence-corrected chi connectivity index (χ1v) is 11.6. The number of hydrogen-bond donors (Lipinski definition) is 2. The third kappa shape index (κ3) is 6.17. The van der Waals surface area contributed by atoms with E-state index in [9.17, 15) is 13.2 Å². The molecule has 0 aromatic heterocycles. The van der Waals surface area contributed by atoms with Crippen molar-refractivity contribution < 1.29 is 27.4 Å². The fraction of sp³-hybridized carbons (Fsp3) is 0.208. The minimum absolute atomic E-state index is 0.0989. The third-order valence-electron chi connectivity index (χ3n) is 4.84. The van der Waals surface area contributed by atoms with E-state index in [-0.39, 0.29) is 17.2 Å². The van der Waals surface area contributed by atoms with Crippen molar-refractivity contribution in [1.29, 1.82) is 0 Å². The van der Waals surface area contributed by atoms with Crippen molar-refractivity contribution in [3.05, 3.63) is 72.3 Å². The lowest BCUT2D eigenvalue weighted by Crippen LogP contribution is -2.14. The van der Waals surface area contributed by atoms with Crippen LogP contribution < -0.4 is 24.2 Å². The van der Waals surface area contributed by atoms with Gasteiger partial charge in [0.05, 0.1) is 26.2 Å². The monoisotopic (exact) mass is 470 g/mol. The summed E-state index contributed by atoms with van der Waals surface area (Å²) in [6.45, 7) is 0. The largest absolute Gasteiger partial charge is 0.493 e. The summed E-state index contributed by atoms with van der Waals surface area (Å²) in [5.74, 6) is 1.33. The van der Waals surface area contributed by atoms with Gasteiger partial charge in [0.15, 0.2) is 11.5 Å². The number of sulfonamides is 1. The molecule has 3 aromatic rings. The lowest BCUT2D eigenvalue weighted by atomic mass is 10.1. The molecule has 33 heavy (non-hydrogen) atoms. The molecule has 0 aliphatic carbocycles. The predicted octanol–water partition coefficient (Wildman–Crippen LogP) is 4.08. The first kappa shape index (κ1) is 23.9. The highest BCUT2D eigenvalue weighted by atomic mass is 32.2. The maximum atomic E-state index is 12.5. The Hall–Kier alpha value is -3.72. The number of anilines is 2. The first-order valence-electron chi connectivity index (χ1n) is 10.1. The number of benzene rings is 3. The number of carbonyl (C=O) groups excluding carboxylic acids is 1. The zero-order valence-electron chi connectivity index (χ0n) is 18.6. The second-order valence-corrected chi connectivity index (χ2v) is 8.76. The maximum Gasteiger partial charge on any atom is 0.261 e. The van der Waals surface area contributed by atoms with Gasteiger partial charge in [-0.25, -0.2) is 8.42 Å². The van der Waals surface area contributed by atoms with Crippen molar-refractivity contribution in [3.63, 3.8) is 0 Å². The van der Waals surface area contributed by atoms with Crippen LogP contribution in [0.1, 0.15) is 12.0 Å². The van der Waals surface area contributed by atoms with Gasteiger partial charge in [0.2, 0.25) is 11.7 Å². The fourth-order valence-electron chi connectivity index (χ4n) is 3.20. The summed E-state index contributed by atoms with van der Waals surface area (Å²) in [6.07, 6.45) is 0.671. The van der Waals surface area contributed by atoms with E-state index in [4.69, 9.17) is 14.2 Å². The molecule has 0 saturated carbocycles. The van der Waals surface area contributed by atoms with Gasteiger partial charge in [0, 0.05) is 17.8 Å². The van der Waals surface area contributed by atoms with Gasteiger partial charge in [-0.15, -0.1) is 0 Å². The molecule has 2 N–H and O–H groups in total. The van der Waals surface area contributed by atoms with E-state index >= 15 is 0 Å². The Morgan fingerprint density at radius 1 is 0.818 bits per heavy atom. The Morgan fingerprint density at radius 3 is 1.97 bits per heavy atom. The number of aryl methyl sites for hydroxylation is 1. The molecule has 174 valence electrons. The molecule has 0 radical (unpaired) electrons. The van der Waals surface area contributed by atoms with E-state index in [0.717, 1.165) is 5.56 Å². The zero-order chi connectivity index (χ0) is 23.8. The highest BCUT2D eigenvalue weighted by Crippen LogP contribution is 2.38. The van der Waals surface area contributed by atoms with Gasteiger partial charge in [-0.2, -0.15) is 0 Å². The molecule has 9 heteroatoms. The van der Waals surface area contributed by atoms with Crippen LogP contribution in [0.2, 0.25) is 0 Å². The first-order chi connectivity index (χ1) is 15.9. The smallest absolute Gasteiger partial charge is 0.261 e. The SMILES string of the molecule is COc1cc(CCC(=O)Nc2ccc(S(=O)(=O)Nc3ccccc3)cc2)cc(OC)c1OC. The number of rotatable bonds is 10. The van der Waals surface area contributed by atoms with Gasteiger partial charge in [-0.1, -0.05) is 18.2 Å². The summed E-state index contributed by atoms with van der Waals surface area (Å²) in [5.41, 5.74) is 1.83. The van der Waals surface area contributed by atoms with Crippen LogP contribution in [0.5, 0.6) is 17.2 Å². The molecule has 3 rings (SSSR count). The molecule has 8 nitrogen and oxygen atoms in total. The summed E-state index contributed by atoms with van der Waals surface area (Å²) in [4.78, 5) is 12.5. The number of carbonyl (C=O) groups is 1. The Morgan fingerprint density at radius 2 is 1.42 bits per heavy atom. The summed E-state index contributed by atoms with van der Waals surface area (Å²) in [7, 11) is 0.878. The zero-order valence-corrected chi connectivity index (χ0v) is 19.4. The summed E-state index contributed by atoms with van der Waals surface area (Å²) < 4.78 is 43.5. The van der Waals surface area contributed by atoms with E-state index in [0.29, 0.717) is 35.0 Å². The Labute approximate surface area is 193 Å². The van der Waals surface area contributed by atoms with Gasteiger partial charge in [-0.05, 0) is 60.5 Å². The number of methoxy groups -OCH3 is 3. The van der Waals surface area contributed by atoms with Crippen LogP contribution in [0.25, 0.3) is 0 Å². The van der Waals surface area contributed by atoms with Crippen molar-refractivity contribution in [1.82, 2.24) is 0 Å². The summed E-state index contributed by atoms with van der Waals surface area (Å²) in [5, 5.41) is 2.78. The molecule has 0 spiro atoms. The van der Waals surface area contributed by atoms with E-state index in [2.05, 4.69) is 10.0 Å². The molecule has 0 atom stereocenters. The molecule has 1 amide bonds. The van der Waals surface area contributed by atoms with Crippen molar-refractivity contribution >= 4 is 27.3 Å². The van der Waals surface area contributed by atoms with Crippen LogP contribution in [0.15, 0.2) is 71.6 Å². The Bertz CT molecular complexity index is 1170. The third-order valence-corrected chi connectivity index (χ3v) is 6.24. The topological polar surface area (TPSA) is 103 Å². The molecule has 0 bridgehead atoms. The number of hydrogen-bond acceptors (Lipinski definition) is 6. The van der Waals surface area contributed by atoms with Crippen LogP contribution in [0, 0.1) is 0 Å². The standard InChI is InChI=1S/C24H26N2O6S/c1-30-21-15-17(16-22(31-2)24(21)32-3)9-14-23(27)25-18-10-12-20(13-11-18)33(28,29)26-19-7-5-4-6-8-19/h4-8,10-13,15-16,26H,9,14H2,1-3H3,(H,25,27). The average Bonchev–Trinajstić information content (AvgIpc) is 2.82. The number of nitrogens with one attached hydrogen (secondary N) is 2. The molecule has 3 aromatic carbocycles. The predicted molar refractivity (Wildman–Crippen MR) is 127 cm³/mol. The lowest BCUT2D eigenvalue weighted by molar-refractivity contribution is -0.116. The van der Waals surface area contributed by atoms with E-state index in [1.54, 1.807) is 54.6 Å². The highest BCUT2D eigenvalue weighted by Gasteiger charge is 2.15. The minimum Gasteiger partial charge on any atom is -0.493 e. The second-order valence-electron chi connectivity index (χ2n) is 7.08. The van der Waals surface area contributed by atoms with E-state index in [1.807, 2.05) is 0 Å². The number of ether oxygens (including phenoxy) is 3. The van der Waals surface area contributed by atoms with Crippen molar-refractivity contribution in [2.24, 2.45) is 0 Å². The van der Waals surface area contributed by atoms with Crippen molar-refractivity contribution in [3.8, 4) is 17.2 Å². The van der Waals surface area contributed by atoms with E-state index in [1.165, 1.54) is 33.5 Å². The van der Waals surface area contributed by atoms with Crippen LogP contribution in [0.3, 0.4) is 0 Å². The normalized spacial score (nSPS) is 10.9. The molecule has 0 unspecified atom stereocenters. The molecular weight excluding hydrogens is 444 g/mol. The molecule has 0 fully saturated rings. The van der Waals surface area contributed by atoms with Gasteiger partial charge in [-0.3, -0.25) is 9.52 Å². The molecular formula is C24H26N2O6S. The number of amides is 1. The summed E-state index contributed by atoms with van der Waals surface area (Å²) >= 11 is 0. The molecule has 0 saturated heterocycles. The average molecular weight is 471 g/mol. The van der Waals surface area contributed by atoms with Gasteiger partial charge in [0.1, 0.15) is 0 Å². The van der Waals surface area contributed by atoms with Crippen molar-refractivity contribution in [2.75, 3.05) is 31.4 Å². The highest BCUT2D eigenvalue weighted by molar-refractivity contribution is 7.92. The quantitative estimate of drug-likeness (QED) is 0.463. The fourth-order valence-corrected chi connectivity index (χ4v) is 4.26. The number of para-hydroxylation sites is 1. The van der Waals surface area contributed by atoms with E-state index < -0.39 is 10.0 Å².